The van der Waals surface area contributed by atoms with Gasteiger partial charge >= 0.3 is 0 Å². The van der Waals surface area contributed by atoms with E-state index >= 15 is 0 Å². The standard InChI is InChI=1S/C23H22N4O/c1-15(2)16-8-3-4-9-17(16)23-26-19-11-6-5-10-18(19)22(27-23)25-14-20-21(28)12-7-13-24-20/h3-13,15,28H,14H2,1-2H3,(H,25,26,27). The van der Waals surface area contributed by atoms with Crippen LogP contribution in [0.1, 0.15) is 31.0 Å². The first-order valence-corrected chi connectivity index (χ1v) is 9.36. The van der Waals surface area contributed by atoms with Crippen LogP contribution in [0.4, 0.5) is 5.82 Å². The van der Waals surface area contributed by atoms with Gasteiger partial charge < -0.3 is 10.4 Å². The van der Waals surface area contributed by atoms with Crippen LogP contribution in [0.2, 0.25) is 0 Å². The monoisotopic (exact) mass is 370 g/mol. The van der Waals surface area contributed by atoms with Gasteiger partial charge in [-0.05, 0) is 35.7 Å². The Morgan fingerprint density at radius 1 is 0.929 bits per heavy atom. The van der Waals surface area contributed by atoms with Crippen molar-refractivity contribution in [2.24, 2.45) is 0 Å². The van der Waals surface area contributed by atoms with Crippen molar-refractivity contribution in [3.05, 3.63) is 78.1 Å². The van der Waals surface area contributed by atoms with Crippen LogP contribution in [0.15, 0.2) is 66.9 Å². The van der Waals surface area contributed by atoms with Gasteiger partial charge in [0.15, 0.2) is 5.82 Å². The number of nitrogens with one attached hydrogen (secondary N) is 1. The molecule has 0 aliphatic heterocycles. The highest BCUT2D eigenvalue weighted by molar-refractivity contribution is 5.90. The zero-order valence-corrected chi connectivity index (χ0v) is 15.9. The van der Waals surface area contributed by atoms with Crippen LogP contribution in [-0.2, 0) is 6.54 Å². The molecule has 0 atom stereocenters. The van der Waals surface area contributed by atoms with E-state index in [1.54, 1.807) is 18.3 Å². The fourth-order valence-electron chi connectivity index (χ4n) is 3.27. The number of anilines is 1. The van der Waals surface area contributed by atoms with Crippen LogP contribution in [0.3, 0.4) is 0 Å². The van der Waals surface area contributed by atoms with Gasteiger partial charge in [0.1, 0.15) is 17.3 Å². The molecule has 2 aromatic carbocycles. The van der Waals surface area contributed by atoms with E-state index in [9.17, 15) is 5.11 Å². The number of aromatic hydroxyl groups is 1. The summed E-state index contributed by atoms with van der Waals surface area (Å²) in [5.74, 6) is 1.95. The maximum Gasteiger partial charge on any atom is 0.162 e. The van der Waals surface area contributed by atoms with E-state index < -0.39 is 0 Å². The number of aromatic nitrogens is 3. The van der Waals surface area contributed by atoms with Crippen LogP contribution in [0.5, 0.6) is 5.75 Å². The predicted molar refractivity (Wildman–Crippen MR) is 112 cm³/mol. The number of benzene rings is 2. The number of fused-ring (bicyclic) bond motifs is 1. The molecule has 5 heteroatoms. The summed E-state index contributed by atoms with van der Waals surface area (Å²) >= 11 is 0. The molecule has 5 nitrogen and oxygen atoms in total. The summed E-state index contributed by atoms with van der Waals surface area (Å²) in [5, 5.41) is 14.3. The van der Waals surface area contributed by atoms with Gasteiger partial charge in [0.2, 0.25) is 0 Å². The van der Waals surface area contributed by atoms with Gasteiger partial charge in [-0.3, -0.25) is 4.98 Å². The molecule has 0 aliphatic rings. The van der Waals surface area contributed by atoms with Gasteiger partial charge in [0.05, 0.1) is 12.1 Å². The fraction of sp³-hybridized carbons (Fsp3) is 0.174. The highest BCUT2D eigenvalue weighted by Crippen LogP contribution is 2.30. The Labute approximate surface area is 164 Å². The van der Waals surface area contributed by atoms with Crippen LogP contribution in [0.25, 0.3) is 22.3 Å². The number of para-hydroxylation sites is 1. The van der Waals surface area contributed by atoms with E-state index in [2.05, 4.69) is 36.3 Å². The summed E-state index contributed by atoms with van der Waals surface area (Å²) < 4.78 is 0. The van der Waals surface area contributed by atoms with E-state index in [1.165, 1.54) is 5.56 Å². The predicted octanol–water partition coefficient (Wildman–Crippen LogP) is 5.13. The van der Waals surface area contributed by atoms with E-state index in [4.69, 9.17) is 9.97 Å². The van der Waals surface area contributed by atoms with Gasteiger partial charge in [0, 0.05) is 17.1 Å². The zero-order valence-electron chi connectivity index (χ0n) is 15.9. The van der Waals surface area contributed by atoms with E-state index in [-0.39, 0.29) is 5.75 Å². The Hall–Kier alpha value is -3.47. The summed E-state index contributed by atoms with van der Waals surface area (Å²) in [7, 11) is 0. The van der Waals surface area contributed by atoms with E-state index in [0.29, 0.717) is 24.0 Å². The minimum atomic E-state index is 0.165. The highest BCUT2D eigenvalue weighted by Gasteiger charge is 2.14. The molecule has 2 heterocycles. The van der Waals surface area contributed by atoms with Crippen molar-refractivity contribution >= 4 is 16.7 Å². The van der Waals surface area contributed by atoms with Gasteiger partial charge in [0.25, 0.3) is 0 Å². The molecule has 0 radical (unpaired) electrons. The first-order chi connectivity index (χ1) is 13.6. The molecule has 140 valence electrons. The van der Waals surface area contributed by atoms with Gasteiger partial charge in [-0.2, -0.15) is 0 Å². The Morgan fingerprint density at radius 3 is 2.54 bits per heavy atom. The first kappa shape index (κ1) is 17.9. The molecule has 0 aliphatic carbocycles. The van der Waals surface area contributed by atoms with Crippen molar-refractivity contribution in [1.82, 2.24) is 15.0 Å². The maximum atomic E-state index is 10.00. The van der Waals surface area contributed by atoms with Gasteiger partial charge in [-0.25, -0.2) is 9.97 Å². The second kappa shape index (κ2) is 7.64. The second-order valence-electron chi connectivity index (χ2n) is 6.98. The van der Waals surface area contributed by atoms with Crippen molar-refractivity contribution in [3.63, 3.8) is 0 Å². The molecule has 0 saturated heterocycles. The molecule has 4 aromatic rings. The Morgan fingerprint density at radius 2 is 1.71 bits per heavy atom. The van der Waals surface area contributed by atoms with Crippen LogP contribution >= 0.6 is 0 Å². The number of rotatable bonds is 5. The minimum Gasteiger partial charge on any atom is -0.506 e. The molecule has 0 unspecified atom stereocenters. The number of nitrogens with zero attached hydrogens (tertiary/aromatic N) is 3. The van der Waals surface area contributed by atoms with Crippen molar-refractivity contribution in [3.8, 4) is 17.1 Å². The lowest BCUT2D eigenvalue weighted by atomic mass is 9.97. The normalized spacial score (nSPS) is 11.1. The molecule has 0 fully saturated rings. The summed E-state index contributed by atoms with van der Waals surface area (Å²) in [6.07, 6.45) is 1.67. The van der Waals surface area contributed by atoms with Crippen LogP contribution in [0, 0.1) is 0 Å². The lowest BCUT2D eigenvalue weighted by molar-refractivity contribution is 0.465. The quantitative estimate of drug-likeness (QED) is 0.509. The summed E-state index contributed by atoms with van der Waals surface area (Å²) in [5.41, 5.74) is 3.70. The third kappa shape index (κ3) is 3.51. The molecular weight excluding hydrogens is 348 g/mol. The van der Waals surface area contributed by atoms with Crippen LogP contribution in [-0.4, -0.2) is 20.1 Å². The van der Waals surface area contributed by atoms with Crippen molar-refractivity contribution < 1.29 is 5.11 Å². The van der Waals surface area contributed by atoms with Gasteiger partial charge in [-0.15, -0.1) is 0 Å². The minimum absolute atomic E-state index is 0.165. The van der Waals surface area contributed by atoms with Crippen LogP contribution < -0.4 is 5.32 Å². The summed E-state index contributed by atoms with van der Waals surface area (Å²) in [6.45, 7) is 4.71. The average molecular weight is 370 g/mol. The lowest BCUT2D eigenvalue weighted by Crippen LogP contribution is -2.06. The second-order valence-corrected chi connectivity index (χ2v) is 6.98. The smallest absolute Gasteiger partial charge is 0.162 e. The molecule has 2 N–H and O–H groups in total. The van der Waals surface area contributed by atoms with Crippen molar-refractivity contribution in [2.45, 2.75) is 26.3 Å². The summed E-state index contributed by atoms with van der Waals surface area (Å²) in [6, 6.07) is 19.5. The van der Waals surface area contributed by atoms with Gasteiger partial charge in [-0.1, -0.05) is 50.2 Å². The topological polar surface area (TPSA) is 70.9 Å². The first-order valence-electron chi connectivity index (χ1n) is 9.36. The highest BCUT2D eigenvalue weighted by atomic mass is 16.3. The third-order valence-corrected chi connectivity index (χ3v) is 4.72. The average Bonchev–Trinajstić information content (AvgIpc) is 2.72. The molecule has 0 bridgehead atoms. The largest absolute Gasteiger partial charge is 0.506 e. The number of hydrogen-bond donors (Lipinski definition) is 2. The molecular formula is C23H22N4O. The maximum absolute atomic E-state index is 10.00. The summed E-state index contributed by atoms with van der Waals surface area (Å²) in [4.78, 5) is 13.9. The Balaban J connectivity index is 1.79. The number of hydrogen-bond acceptors (Lipinski definition) is 5. The number of pyridine rings is 1. The van der Waals surface area contributed by atoms with Crippen molar-refractivity contribution in [1.29, 1.82) is 0 Å². The van der Waals surface area contributed by atoms with Crippen molar-refractivity contribution in [2.75, 3.05) is 5.32 Å². The third-order valence-electron chi connectivity index (χ3n) is 4.72. The lowest BCUT2D eigenvalue weighted by Gasteiger charge is -2.14. The molecule has 0 amide bonds. The Bertz CT molecular complexity index is 1120. The fourth-order valence-corrected chi connectivity index (χ4v) is 3.27. The molecule has 2 aromatic heterocycles. The zero-order chi connectivity index (χ0) is 19.5. The Kier molecular flexibility index (Phi) is 4.89. The molecule has 28 heavy (non-hydrogen) atoms. The van der Waals surface area contributed by atoms with E-state index in [1.807, 2.05) is 36.4 Å². The molecule has 0 saturated carbocycles. The SMILES string of the molecule is CC(C)c1ccccc1-c1nc(NCc2ncccc2O)c2ccccc2n1. The molecule has 4 rings (SSSR count). The molecule has 0 spiro atoms. The van der Waals surface area contributed by atoms with E-state index in [0.717, 1.165) is 22.3 Å².